The zero-order valence-electron chi connectivity index (χ0n) is 15.6. The molecule has 0 bridgehead atoms. The third-order valence-corrected chi connectivity index (χ3v) is 3.81. The Hall–Kier alpha value is -1.22. The fraction of sp³-hybridized carbons (Fsp3) is 0.611. The first kappa shape index (κ1) is 21.8. The molecule has 1 heterocycles. The van der Waals surface area contributed by atoms with Crippen molar-refractivity contribution in [3.63, 3.8) is 0 Å². The molecule has 1 aliphatic heterocycles. The molecule has 1 aromatic carbocycles. The van der Waals surface area contributed by atoms with Gasteiger partial charge in [-0.15, -0.1) is 24.0 Å². The number of rotatable bonds is 6. The number of guanidine groups is 1. The molecule has 0 atom stereocenters. The molecule has 0 spiro atoms. The molecule has 0 aliphatic carbocycles. The molecular weight excluding hydrogens is 433 g/mol. The first-order valence-electron chi connectivity index (χ1n) is 8.50. The summed E-state index contributed by atoms with van der Waals surface area (Å²) >= 11 is 0. The van der Waals surface area contributed by atoms with E-state index in [1.54, 1.807) is 7.11 Å². The SMILES string of the molecule is CCNC(=NCc1ccc2c(c1)OCCCO2)NCC(C)(C)OC.I. The predicted octanol–water partition coefficient (Wildman–Crippen LogP) is 2.95. The van der Waals surface area contributed by atoms with Gasteiger partial charge >= 0.3 is 0 Å². The van der Waals surface area contributed by atoms with Gasteiger partial charge in [0.25, 0.3) is 0 Å². The Morgan fingerprint density at radius 1 is 1.20 bits per heavy atom. The lowest BCUT2D eigenvalue weighted by molar-refractivity contribution is 0.0268. The zero-order valence-corrected chi connectivity index (χ0v) is 17.9. The Morgan fingerprint density at radius 2 is 1.92 bits per heavy atom. The van der Waals surface area contributed by atoms with E-state index in [4.69, 9.17) is 14.2 Å². The number of hydrogen-bond donors (Lipinski definition) is 2. The van der Waals surface area contributed by atoms with Crippen LogP contribution in [-0.2, 0) is 11.3 Å². The second kappa shape index (κ2) is 10.7. The average Bonchev–Trinajstić information content (AvgIpc) is 2.82. The molecule has 25 heavy (non-hydrogen) atoms. The number of fused-ring (bicyclic) bond motifs is 1. The van der Waals surface area contributed by atoms with Crippen molar-refractivity contribution in [2.75, 3.05) is 33.4 Å². The minimum Gasteiger partial charge on any atom is -0.490 e. The molecule has 2 N–H and O–H groups in total. The Bertz CT molecular complexity index is 564. The van der Waals surface area contributed by atoms with Gasteiger partial charge in [-0.1, -0.05) is 6.07 Å². The minimum atomic E-state index is -0.245. The standard InChI is InChI=1S/C18H29N3O3.HI/c1-5-19-17(21-13-18(2,3)22-4)20-12-14-7-8-15-16(11-14)24-10-6-9-23-15;/h7-8,11H,5-6,9-10,12-13H2,1-4H3,(H2,19,20,21);1H. The molecule has 1 aliphatic rings. The first-order chi connectivity index (χ1) is 11.5. The predicted molar refractivity (Wildman–Crippen MR) is 111 cm³/mol. The van der Waals surface area contributed by atoms with Crippen LogP contribution >= 0.6 is 24.0 Å². The largest absolute Gasteiger partial charge is 0.490 e. The molecule has 0 fully saturated rings. The number of nitrogens with one attached hydrogen (secondary N) is 2. The van der Waals surface area contributed by atoms with E-state index >= 15 is 0 Å². The van der Waals surface area contributed by atoms with Crippen molar-refractivity contribution in [1.29, 1.82) is 0 Å². The van der Waals surface area contributed by atoms with Crippen LogP contribution in [0.1, 0.15) is 32.8 Å². The zero-order chi connectivity index (χ0) is 17.4. The second-order valence-electron chi connectivity index (χ2n) is 6.34. The van der Waals surface area contributed by atoms with Crippen LogP contribution in [0.15, 0.2) is 23.2 Å². The normalized spacial score (nSPS) is 14.3. The Morgan fingerprint density at radius 3 is 2.60 bits per heavy atom. The van der Waals surface area contributed by atoms with Crippen LogP contribution in [0.25, 0.3) is 0 Å². The van der Waals surface area contributed by atoms with Gasteiger partial charge in [0.2, 0.25) is 0 Å². The smallest absolute Gasteiger partial charge is 0.191 e. The minimum absolute atomic E-state index is 0. The molecule has 0 aromatic heterocycles. The van der Waals surface area contributed by atoms with E-state index in [9.17, 15) is 0 Å². The van der Waals surface area contributed by atoms with Crippen molar-refractivity contribution >= 4 is 29.9 Å². The third-order valence-electron chi connectivity index (χ3n) is 3.81. The van der Waals surface area contributed by atoms with Crippen molar-refractivity contribution < 1.29 is 14.2 Å². The van der Waals surface area contributed by atoms with Gasteiger partial charge in [-0.25, -0.2) is 4.99 Å². The van der Waals surface area contributed by atoms with Crippen LogP contribution in [0.2, 0.25) is 0 Å². The highest BCUT2D eigenvalue weighted by Crippen LogP contribution is 2.30. The summed E-state index contributed by atoms with van der Waals surface area (Å²) in [5.41, 5.74) is 0.841. The van der Waals surface area contributed by atoms with Gasteiger partial charge in [-0.3, -0.25) is 0 Å². The van der Waals surface area contributed by atoms with E-state index in [-0.39, 0.29) is 29.6 Å². The number of hydrogen-bond acceptors (Lipinski definition) is 4. The molecule has 0 amide bonds. The van der Waals surface area contributed by atoms with Gasteiger partial charge < -0.3 is 24.8 Å². The van der Waals surface area contributed by atoms with Crippen molar-refractivity contribution in [2.45, 2.75) is 39.3 Å². The van der Waals surface area contributed by atoms with E-state index in [2.05, 4.69) is 15.6 Å². The topological polar surface area (TPSA) is 64.1 Å². The molecular formula is C18H30IN3O3. The Labute approximate surface area is 167 Å². The average molecular weight is 463 g/mol. The highest BCUT2D eigenvalue weighted by molar-refractivity contribution is 14.0. The van der Waals surface area contributed by atoms with Crippen LogP contribution in [0.3, 0.4) is 0 Å². The fourth-order valence-corrected chi connectivity index (χ4v) is 2.19. The maximum absolute atomic E-state index is 5.73. The molecule has 0 unspecified atom stereocenters. The maximum Gasteiger partial charge on any atom is 0.191 e. The van der Waals surface area contributed by atoms with Crippen molar-refractivity contribution in [3.05, 3.63) is 23.8 Å². The summed E-state index contributed by atoms with van der Waals surface area (Å²) in [6.07, 6.45) is 0.909. The third kappa shape index (κ3) is 7.27. The highest BCUT2D eigenvalue weighted by atomic mass is 127. The lowest BCUT2D eigenvalue weighted by Gasteiger charge is -2.24. The van der Waals surface area contributed by atoms with E-state index < -0.39 is 0 Å². The Balaban J connectivity index is 0.00000312. The number of aliphatic imine (C=N–C) groups is 1. The van der Waals surface area contributed by atoms with E-state index in [1.807, 2.05) is 39.0 Å². The molecule has 142 valence electrons. The number of nitrogens with zero attached hydrogens (tertiary/aromatic N) is 1. The molecule has 7 heteroatoms. The molecule has 0 saturated heterocycles. The quantitative estimate of drug-likeness (QED) is 0.386. The first-order valence-corrected chi connectivity index (χ1v) is 8.50. The van der Waals surface area contributed by atoms with Gasteiger partial charge in [0.1, 0.15) is 0 Å². The summed E-state index contributed by atoms with van der Waals surface area (Å²) in [6.45, 7) is 9.56. The van der Waals surface area contributed by atoms with Gasteiger partial charge in [0, 0.05) is 26.6 Å². The van der Waals surface area contributed by atoms with Crippen LogP contribution in [0.5, 0.6) is 11.5 Å². The second-order valence-corrected chi connectivity index (χ2v) is 6.34. The van der Waals surface area contributed by atoms with E-state index in [0.717, 1.165) is 36.0 Å². The summed E-state index contributed by atoms with van der Waals surface area (Å²) in [5, 5.41) is 6.56. The number of ether oxygens (including phenoxy) is 3. The van der Waals surface area contributed by atoms with Crippen LogP contribution < -0.4 is 20.1 Å². The summed E-state index contributed by atoms with van der Waals surface area (Å²) < 4.78 is 16.8. The lowest BCUT2D eigenvalue weighted by atomic mass is 10.1. The lowest BCUT2D eigenvalue weighted by Crippen LogP contribution is -2.45. The highest BCUT2D eigenvalue weighted by Gasteiger charge is 2.16. The summed E-state index contributed by atoms with van der Waals surface area (Å²) in [6, 6.07) is 5.99. The van der Waals surface area contributed by atoms with Crippen molar-refractivity contribution in [3.8, 4) is 11.5 Å². The number of benzene rings is 1. The summed E-state index contributed by atoms with van der Waals surface area (Å²) in [7, 11) is 1.71. The maximum atomic E-state index is 5.73. The summed E-state index contributed by atoms with van der Waals surface area (Å²) in [5.74, 6) is 2.39. The van der Waals surface area contributed by atoms with Gasteiger partial charge in [-0.2, -0.15) is 0 Å². The molecule has 0 radical (unpaired) electrons. The summed E-state index contributed by atoms with van der Waals surface area (Å²) in [4.78, 5) is 4.64. The molecule has 0 saturated carbocycles. The van der Waals surface area contributed by atoms with Gasteiger partial charge in [-0.05, 0) is 38.5 Å². The molecule has 1 aromatic rings. The number of halogens is 1. The Kier molecular flexibility index (Phi) is 9.34. The van der Waals surface area contributed by atoms with E-state index in [0.29, 0.717) is 26.3 Å². The van der Waals surface area contributed by atoms with Crippen LogP contribution in [0.4, 0.5) is 0 Å². The van der Waals surface area contributed by atoms with Gasteiger partial charge in [0.15, 0.2) is 17.5 Å². The van der Waals surface area contributed by atoms with Crippen molar-refractivity contribution in [2.24, 2.45) is 4.99 Å². The van der Waals surface area contributed by atoms with Crippen LogP contribution in [-0.4, -0.2) is 45.0 Å². The fourth-order valence-electron chi connectivity index (χ4n) is 2.19. The van der Waals surface area contributed by atoms with Crippen LogP contribution in [0, 0.1) is 0 Å². The monoisotopic (exact) mass is 463 g/mol. The van der Waals surface area contributed by atoms with Crippen molar-refractivity contribution in [1.82, 2.24) is 10.6 Å². The van der Waals surface area contributed by atoms with Gasteiger partial charge in [0.05, 0.1) is 25.4 Å². The number of methoxy groups -OCH3 is 1. The molecule has 2 rings (SSSR count). The van der Waals surface area contributed by atoms with E-state index in [1.165, 1.54) is 0 Å². The molecule has 6 nitrogen and oxygen atoms in total.